The molecule has 102 valence electrons. The number of carboxylic acid groups (broad SMARTS) is 1. The van der Waals surface area contributed by atoms with Gasteiger partial charge in [0.25, 0.3) is 0 Å². The van der Waals surface area contributed by atoms with Crippen LogP contribution in [0.5, 0.6) is 0 Å². The third-order valence-electron chi connectivity index (χ3n) is 3.42. The molecule has 7 heteroatoms. The van der Waals surface area contributed by atoms with E-state index in [-0.39, 0.29) is 25.0 Å². The van der Waals surface area contributed by atoms with Gasteiger partial charge >= 0.3 is 12.0 Å². The molecule has 18 heavy (non-hydrogen) atoms. The molecule has 2 N–H and O–H groups in total. The van der Waals surface area contributed by atoms with Gasteiger partial charge in [0, 0.05) is 37.1 Å². The second-order valence-corrected chi connectivity index (χ2v) is 5.95. The highest BCUT2D eigenvalue weighted by atomic mass is 32.2. The minimum absolute atomic E-state index is 0.114. The van der Waals surface area contributed by atoms with Crippen molar-refractivity contribution in [2.24, 2.45) is 0 Å². The number of aliphatic hydroxyl groups is 1. The molecule has 0 radical (unpaired) electrons. The van der Waals surface area contributed by atoms with Crippen molar-refractivity contribution < 1.29 is 19.8 Å². The number of carboxylic acids is 1. The van der Waals surface area contributed by atoms with Gasteiger partial charge in [0.15, 0.2) is 0 Å². The number of aliphatic carboxylic acids is 1. The molecule has 0 spiro atoms. The summed E-state index contributed by atoms with van der Waals surface area (Å²) in [6, 6.07) is -1.04. The van der Waals surface area contributed by atoms with Crippen LogP contribution >= 0.6 is 11.8 Å². The standard InChI is InChI=1S/C11H18N2O4S/c1-7-6-18-3-2-12(7)11(17)13-5-8(14)4-9(13)10(15)16/h7-9,14H,2-6H2,1H3,(H,15,16)/t7?,8-,9-/m0/s1. The van der Waals surface area contributed by atoms with Crippen molar-refractivity contribution >= 4 is 23.8 Å². The Bertz CT molecular complexity index is 352. The zero-order valence-electron chi connectivity index (χ0n) is 10.3. The summed E-state index contributed by atoms with van der Waals surface area (Å²) in [6.07, 6.45) is -0.609. The molecule has 2 aliphatic heterocycles. The summed E-state index contributed by atoms with van der Waals surface area (Å²) in [6.45, 7) is 2.72. The molecule has 2 aliphatic rings. The Morgan fingerprint density at radius 2 is 2.06 bits per heavy atom. The van der Waals surface area contributed by atoms with E-state index >= 15 is 0 Å². The molecule has 2 saturated heterocycles. The Hall–Kier alpha value is -0.950. The van der Waals surface area contributed by atoms with E-state index in [4.69, 9.17) is 5.11 Å². The quantitative estimate of drug-likeness (QED) is 0.707. The summed E-state index contributed by atoms with van der Waals surface area (Å²) >= 11 is 1.80. The summed E-state index contributed by atoms with van der Waals surface area (Å²) < 4.78 is 0. The fourth-order valence-corrected chi connectivity index (χ4v) is 3.45. The van der Waals surface area contributed by atoms with Gasteiger partial charge in [0.1, 0.15) is 6.04 Å². The number of β-amino-alcohol motifs (C(OH)–C–C–N with tert-alkyl or cyclic N) is 1. The van der Waals surface area contributed by atoms with Crippen LogP contribution < -0.4 is 0 Å². The minimum atomic E-state index is -1.04. The predicted molar refractivity (Wildman–Crippen MR) is 67.6 cm³/mol. The average molecular weight is 274 g/mol. The van der Waals surface area contributed by atoms with E-state index in [9.17, 15) is 14.7 Å². The van der Waals surface area contributed by atoms with Gasteiger partial charge in [-0.2, -0.15) is 11.8 Å². The normalized spacial score (nSPS) is 32.7. The van der Waals surface area contributed by atoms with Crippen LogP contribution in [0.3, 0.4) is 0 Å². The maximum atomic E-state index is 12.3. The average Bonchev–Trinajstić information content (AvgIpc) is 2.71. The first-order valence-corrected chi connectivity index (χ1v) is 7.22. The molecule has 1 unspecified atom stereocenters. The van der Waals surface area contributed by atoms with Gasteiger partial charge in [0.05, 0.1) is 6.10 Å². The number of hydrogen-bond acceptors (Lipinski definition) is 4. The lowest BCUT2D eigenvalue weighted by atomic mass is 10.2. The van der Waals surface area contributed by atoms with Crippen LogP contribution in [-0.4, -0.2) is 74.8 Å². The van der Waals surface area contributed by atoms with Crippen LogP contribution in [0.2, 0.25) is 0 Å². The molecule has 0 aromatic heterocycles. The van der Waals surface area contributed by atoms with Gasteiger partial charge in [-0.15, -0.1) is 0 Å². The van der Waals surface area contributed by atoms with Crippen LogP contribution in [0.1, 0.15) is 13.3 Å². The van der Waals surface area contributed by atoms with Gasteiger partial charge in [-0.1, -0.05) is 0 Å². The molecule has 2 heterocycles. The summed E-state index contributed by atoms with van der Waals surface area (Å²) in [5.74, 6) is 0.711. The lowest BCUT2D eigenvalue weighted by Crippen LogP contribution is -2.53. The number of carbonyl (C=O) groups excluding carboxylic acids is 1. The molecule has 0 aromatic rings. The molecular weight excluding hydrogens is 256 g/mol. The number of thioether (sulfide) groups is 1. The molecule has 2 fully saturated rings. The largest absolute Gasteiger partial charge is 0.480 e. The van der Waals surface area contributed by atoms with Crippen LogP contribution in [0.25, 0.3) is 0 Å². The van der Waals surface area contributed by atoms with Gasteiger partial charge in [-0.25, -0.2) is 9.59 Å². The summed E-state index contributed by atoms with van der Waals surface area (Å²) in [7, 11) is 0. The highest BCUT2D eigenvalue weighted by Crippen LogP contribution is 2.23. The number of aliphatic hydroxyl groups excluding tert-OH is 1. The van der Waals surface area contributed by atoms with Crippen molar-refractivity contribution in [1.29, 1.82) is 0 Å². The fourth-order valence-electron chi connectivity index (χ4n) is 2.44. The Labute approximate surface area is 110 Å². The highest BCUT2D eigenvalue weighted by molar-refractivity contribution is 7.99. The number of carbonyl (C=O) groups is 2. The Balaban J connectivity index is 2.09. The summed E-state index contributed by atoms with van der Waals surface area (Å²) in [5, 5.41) is 18.6. The maximum absolute atomic E-state index is 12.3. The molecule has 6 nitrogen and oxygen atoms in total. The Morgan fingerprint density at radius 3 is 2.67 bits per heavy atom. The lowest BCUT2D eigenvalue weighted by molar-refractivity contribution is -0.141. The third kappa shape index (κ3) is 2.56. The zero-order chi connectivity index (χ0) is 13.3. The first kappa shape index (κ1) is 13.5. The van der Waals surface area contributed by atoms with E-state index in [1.54, 1.807) is 16.7 Å². The van der Waals surface area contributed by atoms with Crippen molar-refractivity contribution in [2.75, 3.05) is 24.6 Å². The van der Waals surface area contributed by atoms with Crippen LogP contribution in [0.15, 0.2) is 0 Å². The topological polar surface area (TPSA) is 81.1 Å². The molecular formula is C11H18N2O4S. The monoisotopic (exact) mass is 274 g/mol. The zero-order valence-corrected chi connectivity index (χ0v) is 11.1. The summed E-state index contributed by atoms with van der Waals surface area (Å²) in [4.78, 5) is 26.4. The van der Waals surface area contributed by atoms with Gasteiger partial charge in [0.2, 0.25) is 0 Å². The van der Waals surface area contributed by atoms with Crippen LogP contribution in [0.4, 0.5) is 4.79 Å². The molecule has 0 aromatic carbocycles. The first-order valence-electron chi connectivity index (χ1n) is 6.06. The van der Waals surface area contributed by atoms with E-state index in [0.717, 1.165) is 11.5 Å². The molecule has 0 aliphatic carbocycles. The van der Waals surface area contributed by atoms with Crippen molar-refractivity contribution in [3.05, 3.63) is 0 Å². The van der Waals surface area contributed by atoms with Crippen LogP contribution in [0, 0.1) is 0 Å². The molecule has 2 amide bonds. The van der Waals surface area contributed by atoms with Gasteiger partial charge < -0.3 is 20.0 Å². The molecule has 0 saturated carbocycles. The van der Waals surface area contributed by atoms with Gasteiger partial charge in [-0.3, -0.25) is 0 Å². The van der Waals surface area contributed by atoms with Crippen molar-refractivity contribution in [1.82, 2.24) is 9.80 Å². The third-order valence-corrected chi connectivity index (χ3v) is 4.61. The highest BCUT2D eigenvalue weighted by Gasteiger charge is 2.41. The lowest BCUT2D eigenvalue weighted by Gasteiger charge is -2.37. The van der Waals surface area contributed by atoms with Crippen LogP contribution in [-0.2, 0) is 4.79 Å². The number of rotatable bonds is 1. The minimum Gasteiger partial charge on any atom is -0.480 e. The SMILES string of the molecule is CC1CSCCN1C(=O)N1C[C@@H](O)C[C@H]1C(=O)O. The van der Waals surface area contributed by atoms with Crippen molar-refractivity contribution in [2.45, 2.75) is 31.5 Å². The second-order valence-electron chi connectivity index (χ2n) is 4.80. The first-order chi connectivity index (χ1) is 8.50. The van der Waals surface area contributed by atoms with E-state index in [1.807, 2.05) is 6.92 Å². The Morgan fingerprint density at radius 1 is 1.33 bits per heavy atom. The fraction of sp³-hybridized carbons (Fsp3) is 0.818. The van der Waals surface area contributed by atoms with Crippen molar-refractivity contribution in [3.8, 4) is 0 Å². The van der Waals surface area contributed by atoms with E-state index in [0.29, 0.717) is 6.54 Å². The van der Waals surface area contributed by atoms with E-state index in [2.05, 4.69) is 0 Å². The number of hydrogen-bond donors (Lipinski definition) is 2. The number of urea groups is 1. The Kier molecular flexibility index (Phi) is 4.01. The molecule has 3 atom stereocenters. The van der Waals surface area contributed by atoms with Gasteiger partial charge in [-0.05, 0) is 6.92 Å². The van der Waals surface area contributed by atoms with E-state index in [1.165, 1.54) is 4.90 Å². The molecule has 0 bridgehead atoms. The van der Waals surface area contributed by atoms with Crippen molar-refractivity contribution in [3.63, 3.8) is 0 Å². The summed E-state index contributed by atoms with van der Waals surface area (Å²) in [5.41, 5.74) is 0. The number of nitrogens with zero attached hydrogens (tertiary/aromatic N) is 2. The molecule has 2 rings (SSSR count). The number of likely N-dealkylation sites (tertiary alicyclic amines) is 1. The number of amides is 2. The maximum Gasteiger partial charge on any atom is 0.326 e. The second kappa shape index (κ2) is 5.36. The predicted octanol–water partition coefficient (Wildman–Crippen LogP) is 0.0635. The van der Waals surface area contributed by atoms with E-state index < -0.39 is 18.1 Å². The smallest absolute Gasteiger partial charge is 0.326 e.